The number of hydrogen-bond donors (Lipinski definition) is 1. The van der Waals surface area contributed by atoms with Crippen LogP contribution in [-0.4, -0.2) is 17.1 Å². The van der Waals surface area contributed by atoms with E-state index in [1.807, 2.05) is 97.9 Å². The van der Waals surface area contributed by atoms with Crippen molar-refractivity contribution in [3.63, 3.8) is 0 Å². The van der Waals surface area contributed by atoms with Crippen molar-refractivity contribution in [3.8, 4) is 11.5 Å². The molecule has 2 heterocycles. The number of rotatable bonds is 9. The average molecular weight is 671 g/mol. The van der Waals surface area contributed by atoms with E-state index in [2.05, 4.69) is 5.32 Å². The van der Waals surface area contributed by atoms with Gasteiger partial charge < -0.3 is 14.8 Å². The highest BCUT2D eigenvalue weighted by Gasteiger charge is 2.32. The van der Waals surface area contributed by atoms with Crippen LogP contribution in [0.25, 0.3) is 6.08 Å². The number of thiazole rings is 1. The maximum Gasteiger partial charge on any atom is 0.271 e. The third kappa shape index (κ3) is 6.79. The molecule has 1 aliphatic heterocycles. The largest absolute Gasteiger partial charge is 0.494 e. The Hall–Kier alpha value is -4.63. The van der Waals surface area contributed by atoms with E-state index in [1.54, 1.807) is 23.6 Å². The number of para-hydroxylation sites is 1. The van der Waals surface area contributed by atoms with Crippen LogP contribution in [0.3, 0.4) is 0 Å². The Morgan fingerprint density at radius 1 is 0.935 bits per heavy atom. The number of hydrogen-bond acceptors (Lipinski definition) is 6. The van der Waals surface area contributed by atoms with E-state index in [9.17, 15) is 9.59 Å². The molecule has 1 aromatic heterocycles. The molecular weight excluding hydrogens is 641 g/mol. The summed E-state index contributed by atoms with van der Waals surface area (Å²) in [6.07, 6.45) is 1.82. The second-order valence-electron chi connectivity index (χ2n) is 10.5. The first kappa shape index (κ1) is 31.4. The minimum Gasteiger partial charge on any atom is -0.494 e. The molecule has 0 unspecified atom stereocenters. The number of amides is 1. The van der Waals surface area contributed by atoms with Gasteiger partial charge in [0.15, 0.2) is 4.80 Å². The highest BCUT2D eigenvalue weighted by molar-refractivity contribution is 7.07. The van der Waals surface area contributed by atoms with Gasteiger partial charge in [0, 0.05) is 5.69 Å². The summed E-state index contributed by atoms with van der Waals surface area (Å²) in [5.74, 6) is 1.06. The molecule has 46 heavy (non-hydrogen) atoms. The van der Waals surface area contributed by atoms with Crippen molar-refractivity contribution in [3.05, 3.63) is 155 Å². The first-order valence-corrected chi connectivity index (χ1v) is 16.2. The van der Waals surface area contributed by atoms with E-state index in [-0.39, 0.29) is 11.5 Å². The zero-order chi connectivity index (χ0) is 32.2. The quantitative estimate of drug-likeness (QED) is 0.181. The van der Waals surface area contributed by atoms with Gasteiger partial charge in [-0.25, -0.2) is 4.99 Å². The molecule has 0 spiro atoms. The van der Waals surface area contributed by atoms with Gasteiger partial charge in [0.1, 0.15) is 18.1 Å². The number of allylic oxidation sites excluding steroid dienone is 1. The molecule has 1 aliphatic rings. The van der Waals surface area contributed by atoms with E-state index in [0.29, 0.717) is 61.0 Å². The SMILES string of the molecule is CCOc1ccc([C@@H]2C(C(=O)Nc3ccccc3)=C(C)N=c3s/c(=C/c4ccc(OCc5ccc(Cl)c(Cl)c5)cc4)c(=O)n32)cc1. The fourth-order valence-corrected chi connectivity index (χ4v) is 6.54. The molecule has 7 nitrogen and oxygen atoms in total. The van der Waals surface area contributed by atoms with E-state index in [0.717, 1.165) is 16.7 Å². The Kier molecular flexibility index (Phi) is 9.40. The fourth-order valence-electron chi connectivity index (χ4n) is 5.17. The zero-order valence-electron chi connectivity index (χ0n) is 25.0. The van der Waals surface area contributed by atoms with Gasteiger partial charge in [0.05, 0.1) is 38.5 Å². The Bertz CT molecular complexity index is 2110. The first-order valence-electron chi connectivity index (χ1n) is 14.6. The number of halogens is 2. The minimum atomic E-state index is -0.685. The normalized spacial score (nSPS) is 14.4. The maximum atomic E-state index is 14.0. The molecule has 0 aliphatic carbocycles. The van der Waals surface area contributed by atoms with Gasteiger partial charge in [0.25, 0.3) is 11.5 Å². The number of aromatic nitrogens is 1. The lowest BCUT2D eigenvalue weighted by atomic mass is 9.95. The van der Waals surface area contributed by atoms with E-state index in [1.165, 1.54) is 11.3 Å². The predicted molar refractivity (Wildman–Crippen MR) is 184 cm³/mol. The summed E-state index contributed by atoms with van der Waals surface area (Å²) in [6, 6.07) is 28.8. The number of fused-ring (bicyclic) bond motifs is 1. The number of benzene rings is 4. The molecule has 1 atom stereocenters. The van der Waals surface area contributed by atoms with Crippen LogP contribution >= 0.6 is 34.5 Å². The summed E-state index contributed by atoms with van der Waals surface area (Å²) in [5.41, 5.74) is 3.85. The van der Waals surface area contributed by atoms with Gasteiger partial charge in [0.2, 0.25) is 0 Å². The lowest BCUT2D eigenvalue weighted by Gasteiger charge is -2.25. The summed E-state index contributed by atoms with van der Waals surface area (Å²) in [4.78, 5) is 33.1. The highest BCUT2D eigenvalue weighted by atomic mass is 35.5. The Labute approximate surface area is 279 Å². The molecule has 5 aromatic rings. The van der Waals surface area contributed by atoms with E-state index >= 15 is 0 Å². The molecule has 10 heteroatoms. The molecule has 1 amide bonds. The summed E-state index contributed by atoms with van der Waals surface area (Å²) < 4.78 is 13.7. The molecule has 232 valence electrons. The summed E-state index contributed by atoms with van der Waals surface area (Å²) in [7, 11) is 0. The standard InChI is InChI=1S/C36H29Cl2N3O4S/c1-3-44-27-16-12-25(13-17-27)33-32(34(42)40-26-7-5-4-6-8-26)22(2)39-36-41(33)35(43)31(46-36)20-23-9-14-28(15-10-23)45-21-24-11-18-29(37)30(38)19-24/h4-20,33H,3,21H2,1-2H3,(H,40,42)/b31-20+/t33-/m1/s1. The number of nitrogens with zero attached hydrogens (tertiary/aromatic N) is 2. The molecule has 4 aromatic carbocycles. The van der Waals surface area contributed by atoms with Gasteiger partial charge >= 0.3 is 0 Å². The lowest BCUT2D eigenvalue weighted by molar-refractivity contribution is -0.113. The zero-order valence-corrected chi connectivity index (χ0v) is 27.3. The van der Waals surface area contributed by atoms with Gasteiger partial charge in [-0.1, -0.05) is 83.1 Å². The third-order valence-corrected chi connectivity index (χ3v) is 9.09. The van der Waals surface area contributed by atoms with Crippen molar-refractivity contribution in [2.45, 2.75) is 26.5 Å². The van der Waals surface area contributed by atoms with Crippen molar-refractivity contribution in [2.24, 2.45) is 4.99 Å². The molecule has 0 fully saturated rings. The van der Waals surface area contributed by atoms with Crippen molar-refractivity contribution < 1.29 is 14.3 Å². The Morgan fingerprint density at radius 2 is 1.63 bits per heavy atom. The van der Waals surface area contributed by atoms with Crippen LogP contribution in [-0.2, 0) is 11.4 Å². The van der Waals surface area contributed by atoms with Gasteiger partial charge in [-0.3, -0.25) is 14.2 Å². The van der Waals surface area contributed by atoms with Crippen molar-refractivity contribution in [1.82, 2.24) is 4.57 Å². The van der Waals surface area contributed by atoms with Crippen LogP contribution in [0.15, 0.2) is 118 Å². The van der Waals surface area contributed by atoms with E-state index in [4.69, 9.17) is 37.7 Å². The number of carbonyl (C=O) groups is 1. The van der Waals surface area contributed by atoms with Gasteiger partial charge in [-0.15, -0.1) is 0 Å². The van der Waals surface area contributed by atoms with Gasteiger partial charge in [-0.2, -0.15) is 0 Å². The van der Waals surface area contributed by atoms with Crippen LogP contribution in [0.1, 0.15) is 36.6 Å². The summed E-state index contributed by atoms with van der Waals surface area (Å²) in [6.45, 7) is 4.58. The summed E-state index contributed by atoms with van der Waals surface area (Å²) in [5, 5.41) is 3.94. The second-order valence-corrected chi connectivity index (χ2v) is 12.3. The predicted octanol–water partition coefficient (Wildman–Crippen LogP) is 7.16. The van der Waals surface area contributed by atoms with Crippen LogP contribution in [0.2, 0.25) is 10.0 Å². The fraction of sp³-hybridized carbons (Fsp3) is 0.139. The van der Waals surface area contributed by atoms with Crippen LogP contribution in [0.5, 0.6) is 11.5 Å². The topological polar surface area (TPSA) is 81.9 Å². The minimum absolute atomic E-state index is 0.236. The Morgan fingerprint density at radius 3 is 2.33 bits per heavy atom. The number of ether oxygens (including phenoxy) is 2. The van der Waals surface area contributed by atoms with Crippen LogP contribution in [0.4, 0.5) is 5.69 Å². The lowest BCUT2D eigenvalue weighted by Crippen LogP contribution is -2.40. The average Bonchev–Trinajstić information content (AvgIpc) is 3.36. The molecule has 0 bridgehead atoms. The third-order valence-electron chi connectivity index (χ3n) is 7.37. The second kappa shape index (κ2) is 13.8. The van der Waals surface area contributed by atoms with Crippen molar-refractivity contribution in [2.75, 3.05) is 11.9 Å². The monoisotopic (exact) mass is 669 g/mol. The van der Waals surface area contributed by atoms with Crippen molar-refractivity contribution in [1.29, 1.82) is 0 Å². The molecule has 0 saturated heterocycles. The van der Waals surface area contributed by atoms with Crippen LogP contribution in [0, 0.1) is 0 Å². The number of nitrogens with one attached hydrogen (secondary N) is 1. The van der Waals surface area contributed by atoms with E-state index < -0.39 is 6.04 Å². The Balaban J connectivity index is 1.33. The van der Waals surface area contributed by atoms with Gasteiger partial charge in [-0.05, 0) is 85.1 Å². The maximum absolute atomic E-state index is 14.0. The smallest absolute Gasteiger partial charge is 0.271 e. The first-order chi connectivity index (χ1) is 22.3. The number of anilines is 1. The van der Waals surface area contributed by atoms with Crippen LogP contribution < -0.4 is 29.7 Å². The summed E-state index contributed by atoms with van der Waals surface area (Å²) >= 11 is 13.4. The molecule has 0 saturated carbocycles. The number of carbonyl (C=O) groups excluding carboxylic acids is 1. The highest BCUT2D eigenvalue weighted by Crippen LogP contribution is 2.32. The molecule has 6 rings (SSSR count). The molecule has 0 radical (unpaired) electrons. The molecular formula is C36H29Cl2N3O4S. The molecule has 1 N–H and O–H groups in total. The van der Waals surface area contributed by atoms with Crippen molar-refractivity contribution >= 4 is 52.2 Å².